The van der Waals surface area contributed by atoms with Gasteiger partial charge in [0, 0.05) is 34.6 Å². The Morgan fingerprint density at radius 3 is 2.42 bits per heavy atom. The highest BCUT2D eigenvalue weighted by atomic mass is 79.9. The molecular formula is C21H15BrClN3O4S. The number of fused-ring (bicyclic) bond motifs is 3. The first-order valence-electron chi connectivity index (χ1n) is 9.23. The highest BCUT2D eigenvalue weighted by molar-refractivity contribution is 9.10. The molecule has 2 heterocycles. The van der Waals surface area contributed by atoms with Crippen molar-refractivity contribution in [2.75, 3.05) is 0 Å². The molecule has 0 fully saturated rings. The highest BCUT2D eigenvalue weighted by Crippen LogP contribution is 2.37. The van der Waals surface area contributed by atoms with Gasteiger partial charge < -0.3 is 0 Å². The van der Waals surface area contributed by atoms with Gasteiger partial charge in [0.1, 0.15) is 5.65 Å². The van der Waals surface area contributed by atoms with Gasteiger partial charge >= 0.3 is 5.69 Å². The van der Waals surface area contributed by atoms with Crippen LogP contribution in [0.3, 0.4) is 0 Å². The number of halogens is 2. The predicted octanol–water partition coefficient (Wildman–Crippen LogP) is 3.67. The zero-order valence-electron chi connectivity index (χ0n) is 16.7. The molecule has 2 aromatic heterocycles. The molecule has 1 aliphatic carbocycles. The van der Waals surface area contributed by atoms with Crippen molar-refractivity contribution in [3.8, 4) is 0 Å². The molecule has 0 bridgehead atoms. The summed E-state index contributed by atoms with van der Waals surface area (Å²) in [7, 11) is 9.64. The van der Waals surface area contributed by atoms with Crippen LogP contribution in [-0.2, 0) is 20.5 Å². The predicted molar refractivity (Wildman–Crippen MR) is 124 cm³/mol. The van der Waals surface area contributed by atoms with E-state index in [4.69, 9.17) is 10.7 Å². The fourth-order valence-corrected chi connectivity index (χ4v) is 5.06. The van der Waals surface area contributed by atoms with Gasteiger partial charge in [-0.1, -0.05) is 28.9 Å². The fraction of sp³-hybridized carbons (Fsp3) is 0.190. The van der Waals surface area contributed by atoms with Crippen molar-refractivity contribution in [3.63, 3.8) is 0 Å². The minimum atomic E-state index is -0.660. The first-order chi connectivity index (χ1) is 14.7. The van der Waals surface area contributed by atoms with Crippen LogP contribution in [0.25, 0.3) is 16.6 Å². The molecule has 0 saturated carbocycles. The molecule has 3 aromatic rings. The van der Waals surface area contributed by atoms with Gasteiger partial charge in [0.25, 0.3) is 5.56 Å². The monoisotopic (exact) mass is 519 g/mol. The summed E-state index contributed by atoms with van der Waals surface area (Å²) < 4.78 is 2.73. The van der Waals surface area contributed by atoms with Crippen LogP contribution in [-0.4, -0.2) is 25.7 Å². The second kappa shape index (κ2) is 7.89. The zero-order chi connectivity index (χ0) is 22.6. The molecular weight excluding hydrogens is 506 g/mol. The summed E-state index contributed by atoms with van der Waals surface area (Å²) in [5.74, 6) is -0.881. The van der Waals surface area contributed by atoms with Gasteiger partial charge in [0.05, 0.1) is 22.2 Å². The maximum Gasteiger partial charge on any atom is 0.332 e. The maximum absolute atomic E-state index is 13.6. The molecule has 0 atom stereocenters. The van der Waals surface area contributed by atoms with Crippen molar-refractivity contribution < 1.29 is 9.59 Å². The van der Waals surface area contributed by atoms with Gasteiger partial charge in [-0.05, 0) is 46.3 Å². The minimum Gasteiger partial charge on any atom is -0.289 e. The van der Waals surface area contributed by atoms with Crippen molar-refractivity contribution in [1.82, 2.24) is 14.1 Å². The van der Waals surface area contributed by atoms with E-state index in [-0.39, 0.29) is 27.7 Å². The number of ketones is 2. The van der Waals surface area contributed by atoms with Gasteiger partial charge in [-0.2, -0.15) is 0 Å². The van der Waals surface area contributed by atoms with Crippen molar-refractivity contribution in [2.45, 2.75) is 18.2 Å². The average Bonchev–Trinajstić information content (AvgIpc) is 2.77. The van der Waals surface area contributed by atoms with Crippen LogP contribution >= 0.6 is 37.6 Å². The lowest BCUT2D eigenvalue weighted by molar-refractivity contribution is 0.100. The van der Waals surface area contributed by atoms with E-state index in [1.807, 2.05) is 0 Å². The summed E-state index contributed by atoms with van der Waals surface area (Å²) in [5.41, 5.74) is 0.0741. The SMILES string of the molecule is CCc1nc2c(c3c1C(=O)C(c1ccc(SCl)cc1Br)=CC3=O)c(=O)n(C)c(=O)n2C. The first-order valence-corrected chi connectivity index (χ1v) is 11.7. The van der Waals surface area contributed by atoms with Crippen LogP contribution in [0.1, 0.15) is 38.9 Å². The molecule has 0 spiro atoms. The van der Waals surface area contributed by atoms with E-state index < -0.39 is 22.8 Å². The van der Waals surface area contributed by atoms with Gasteiger partial charge in [0.15, 0.2) is 11.6 Å². The topological polar surface area (TPSA) is 91.0 Å². The number of pyridine rings is 1. The van der Waals surface area contributed by atoms with Crippen molar-refractivity contribution in [1.29, 1.82) is 0 Å². The third-order valence-electron chi connectivity index (χ3n) is 5.31. The van der Waals surface area contributed by atoms with Crippen LogP contribution in [0.4, 0.5) is 0 Å². The van der Waals surface area contributed by atoms with Crippen molar-refractivity contribution in [3.05, 3.63) is 72.0 Å². The van der Waals surface area contributed by atoms with Crippen LogP contribution in [0.15, 0.2) is 43.2 Å². The van der Waals surface area contributed by atoms with Gasteiger partial charge in [-0.3, -0.25) is 23.5 Å². The number of aromatic nitrogens is 3. The quantitative estimate of drug-likeness (QED) is 0.523. The standard InChI is InChI=1S/C21H15BrClN3O4S/c1-4-13-15-16(17-19(24-13)25(2)21(30)26(3)20(17)29)14(27)8-11(18(15)28)10-6-5-9(31-23)7-12(10)22/h5-8H,4H2,1-3H3. The number of hydrogen-bond acceptors (Lipinski definition) is 6. The molecule has 0 radical (unpaired) electrons. The van der Waals surface area contributed by atoms with Gasteiger partial charge in [-0.15, -0.1) is 0 Å². The smallest absolute Gasteiger partial charge is 0.289 e. The molecule has 31 heavy (non-hydrogen) atoms. The Kier molecular flexibility index (Phi) is 5.53. The summed E-state index contributed by atoms with van der Waals surface area (Å²) in [4.78, 5) is 57.3. The van der Waals surface area contributed by atoms with Crippen LogP contribution < -0.4 is 11.2 Å². The Balaban J connectivity index is 2.08. The Labute approximate surface area is 193 Å². The molecule has 1 aromatic carbocycles. The maximum atomic E-state index is 13.6. The molecule has 0 amide bonds. The molecule has 0 unspecified atom stereocenters. The second-order valence-corrected chi connectivity index (χ2v) is 8.98. The average molecular weight is 521 g/mol. The second-order valence-electron chi connectivity index (χ2n) is 7.04. The molecule has 10 heteroatoms. The number of allylic oxidation sites excluding steroid dienone is 2. The summed E-state index contributed by atoms with van der Waals surface area (Å²) in [6.45, 7) is 1.80. The number of carbonyl (C=O) groups is 2. The Morgan fingerprint density at radius 2 is 1.81 bits per heavy atom. The lowest BCUT2D eigenvalue weighted by Gasteiger charge is -2.21. The van der Waals surface area contributed by atoms with E-state index in [1.54, 1.807) is 25.1 Å². The normalized spacial score (nSPS) is 13.5. The van der Waals surface area contributed by atoms with Gasteiger partial charge in [0.2, 0.25) is 0 Å². The molecule has 158 valence electrons. The third-order valence-corrected chi connectivity index (χ3v) is 6.93. The minimum absolute atomic E-state index is 0.00384. The Hall–Kier alpha value is -2.49. The molecule has 1 aliphatic rings. The lowest BCUT2D eigenvalue weighted by atomic mass is 9.83. The molecule has 0 N–H and O–H groups in total. The van der Waals surface area contributed by atoms with E-state index in [0.717, 1.165) is 20.4 Å². The number of benzene rings is 1. The Bertz CT molecular complexity index is 1470. The van der Waals surface area contributed by atoms with E-state index in [1.165, 1.54) is 24.7 Å². The van der Waals surface area contributed by atoms with E-state index in [9.17, 15) is 19.2 Å². The number of nitrogens with zero attached hydrogens (tertiary/aromatic N) is 3. The summed E-state index contributed by atoms with van der Waals surface area (Å²) >= 11 is 3.44. The van der Waals surface area contributed by atoms with E-state index in [2.05, 4.69) is 20.9 Å². The summed E-state index contributed by atoms with van der Waals surface area (Å²) in [5, 5.41) is -0.0293. The van der Waals surface area contributed by atoms with Crippen LogP contribution in [0.2, 0.25) is 0 Å². The van der Waals surface area contributed by atoms with Crippen LogP contribution in [0, 0.1) is 0 Å². The molecule has 0 aliphatic heterocycles. The number of rotatable bonds is 3. The first kappa shape index (κ1) is 21.7. The number of carbonyl (C=O) groups excluding carboxylic acids is 2. The number of Topliss-reactive ketones (excluding diaryl/α,β-unsaturated/α-hetero) is 1. The molecule has 4 rings (SSSR count). The fourth-order valence-electron chi connectivity index (χ4n) is 3.75. The highest BCUT2D eigenvalue weighted by Gasteiger charge is 2.34. The zero-order valence-corrected chi connectivity index (χ0v) is 19.8. The van der Waals surface area contributed by atoms with Crippen molar-refractivity contribution >= 4 is 65.8 Å². The lowest BCUT2D eigenvalue weighted by Crippen LogP contribution is -2.39. The third kappa shape index (κ3) is 3.22. The largest absolute Gasteiger partial charge is 0.332 e. The van der Waals surface area contributed by atoms with E-state index >= 15 is 0 Å². The number of aryl methyl sites for hydroxylation is 2. The number of hydrogen-bond donors (Lipinski definition) is 0. The summed E-state index contributed by atoms with van der Waals surface area (Å²) in [6.07, 6.45) is 1.58. The molecule has 0 saturated heterocycles. The van der Waals surface area contributed by atoms with E-state index in [0.29, 0.717) is 22.2 Å². The molecule has 7 nitrogen and oxygen atoms in total. The Morgan fingerprint density at radius 1 is 1.10 bits per heavy atom. The summed E-state index contributed by atoms with van der Waals surface area (Å²) in [6, 6.07) is 5.21. The van der Waals surface area contributed by atoms with Crippen LogP contribution in [0.5, 0.6) is 0 Å². The van der Waals surface area contributed by atoms with Crippen molar-refractivity contribution in [2.24, 2.45) is 14.1 Å². The van der Waals surface area contributed by atoms with Gasteiger partial charge in [-0.25, -0.2) is 9.78 Å².